The van der Waals surface area contributed by atoms with Gasteiger partial charge in [0.05, 0.1) is 6.04 Å². The second-order valence-electron chi connectivity index (χ2n) is 7.69. The molecule has 2 atom stereocenters. The fourth-order valence-corrected chi connectivity index (χ4v) is 4.40. The van der Waals surface area contributed by atoms with E-state index in [1.807, 2.05) is 9.58 Å². The quantitative estimate of drug-likeness (QED) is 0.759. The van der Waals surface area contributed by atoms with E-state index in [1.54, 1.807) is 0 Å². The van der Waals surface area contributed by atoms with Crippen LogP contribution in [0, 0.1) is 0 Å². The molecule has 0 aliphatic carbocycles. The minimum Gasteiger partial charge on any atom is -0.352 e. The first-order valence-corrected chi connectivity index (χ1v) is 9.68. The Labute approximate surface area is 158 Å². The zero-order valence-corrected chi connectivity index (χ0v) is 15.7. The maximum absolute atomic E-state index is 13.2. The Morgan fingerprint density at radius 2 is 2.07 bits per heavy atom. The Balaban J connectivity index is 1.48. The maximum atomic E-state index is 13.2. The van der Waals surface area contributed by atoms with Gasteiger partial charge in [0, 0.05) is 48.8 Å². The van der Waals surface area contributed by atoms with E-state index < -0.39 is 0 Å². The lowest BCUT2D eigenvalue weighted by molar-refractivity contribution is 0.0723. The second-order valence-corrected chi connectivity index (χ2v) is 7.69. The van der Waals surface area contributed by atoms with Crippen LogP contribution in [0.1, 0.15) is 48.4 Å². The largest absolute Gasteiger partial charge is 0.352 e. The highest BCUT2D eigenvalue weighted by molar-refractivity contribution is 5.92. The lowest BCUT2D eigenvalue weighted by Crippen LogP contribution is -2.31. The van der Waals surface area contributed by atoms with Gasteiger partial charge >= 0.3 is 0 Å². The van der Waals surface area contributed by atoms with Crippen LogP contribution in [-0.4, -0.2) is 42.7 Å². The molecule has 0 saturated carbocycles. The molecule has 2 aliphatic rings. The van der Waals surface area contributed by atoms with E-state index in [9.17, 15) is 4.79 Å². The number of fused-ring (bicyclic) bond motifs is 2. The molecule has 7 nitrogen and oxygen atoms in total. The summed E-state index contributed by atoms with van der Waals surface area (Å²) in [5, 5.41) is 9.00. The van der Waals surface area contributed by atoms with Gasteiger partial charge in [-0.15, -0.1) is 5.10 Å². The Bertz CT molecular complexity index is 1020. The van der Waals surface area contributed by atoms with Crippen molar-refractivity contribution in [1.82, 2.24) is 24.2 Å². The summed E-state index contributed by atoms with van der Waals surface area (Å²) >= 11 is 0. The number of carbonyl (C=O) groups excluding carboxylic acids is 1. The molecule has 4 heterocycles. The summed E-state index contributed by atoms with van der Waals surface area (Å²) in [6.45, 7) is 3.67. The number of para-hydroxylation sites is 1. The third kappa shape index (κ3) is 2.60. The van der Waals surface area contributed by atoms with Gasteiger partial charge < -0.3 is 14.8 Å². The van der Waals surface area contributed by atoms with Crippen LogP contribution >= 0.6 is 0 Å². The zero-order chi connectivity index (χ0) is 18.5. The molecule has 1 fully saturated rings. The number of likely N-dealkylation sites (tertiary alicyclic amines) is 1. The number of nitrogens with zero attached hydrogens (tertiary/aromatic N) is 5. The molecule has 1 saturated heterocycles. The number of aryl methyl sites for hydroxylation is 2. The number of anilines is 1. The van der Waals surface area contributed by atoms with Gasteiger partial charge in [0.2, 0.25) is 11.8 Å². The van der Waals surface area contributed by atoms with Gasteiger partial charge in [-0.2, -0.15) is 4.98 Å². The molecule has 27 heavy (non-hydrogen) atoms. The Morgan fingerprint density at radius 3 is 2.96 bits per heavy atom. The highest BCUT2D eigenvalue weighted by atomic mass is 16.2. The topological polar surface area (TPSA) is 68.0 Å². The molecule has 2 aromatic heterocycles. The van der Waals surface area contributed by atoms with Crippen LogP contribution in [-0.2, 0) is 13.6 Å². The van der Waals surface area contributed by atoms with Gasteiger partial charge in [-0.05, 0) is 32.3 Å². The maximum Gasteiger partial charge on any atom is 0.294 e. The predicted molar refractivity (Wildman–Crippen MR) is 104 cm³/mol. The van der Waals surface area contributed by atoms with Crippen molar-refractivity contribution >= 4 is 22.8 Å². The predicted octanol–water partition coefficient (Wildman–Crippen LogP) is 2.95. The summed E-state index contributed by atoms with van der Waals surface area (Å²) in [4.78, 5) is 19.7. The Kier molecular flexibility index (Phi) is 3.70. The third-order valence-electron chi connectivity index (χ3n) is 5.81. The van der Waals surface area contributed by atoms with Crippen molar-refractivity contribution in [1.29, 1.82) is 0 Å². The molecule has 0 bridgehead atoms. The van der Waals surface area contributed by atoms with Crippen LogP contribution in [0.15, 0.2) is 30.5 Å². The van der Waals surface area contributed by atoms with Gasteiger partial charge in [-0.25, -0.2) is 4.68 Å². The fourth-order valence-electron chi connectivity index (χ4n) is 4.40. The molecular weight excluding hydrogens is 340 g/mol. The van der Waals surface area contributed by atoms with Crippen LogP contribution < -0.4 is 5.32 Å². The fraction of sp³-hybridized carbons (Fsp3) is 0.450. The zero-order valence-electron chi connectivity index (χ0n) is 15.7. The summed E-state index contributed by atoms with van der Waals surface area (Å²) in [6.07, 6.45) is 5.13. The third-order valence-corrected chi connectivity index (χ3v) is 5.81. The van der Waals surface area contributed by atoms with E-state index in [0.717, 1.165) is 32.4 Å². The number of rotatable bonds is 2. The van der Waals surface area contributed by atoms with E-state index in [4.69, 9.17) is 0 Å². The Hall–Kier alpha value is -2.83. The number of hydrogen-bond acceptors (Lipinski definition) is 4. The molecule has 0 spiro atoms. The van der Waals surface area contributed by atoms with Crippen LogP contribution in [0.5, 0.6) is 0 Å². The summed E-state index contributed by atoms with van der Waals surface area (Å²) in [6, 6.07) is 8.82. The van der Waals surface area contributed by atoms with E-state index in [-0.39, 0.29) is 11.9 Å². The number of hydrogen-bond donors (Lipinski definition) is 1. The van der Waals surface area contributed by atoms with Crippen molar-refractivity contribution in [3.63, 3.8) is 0 Å². The molecule has 0 radical (unpaired) electrons. The minimum absolute atomic E-state index is 0.0678. The number of amides is 1. The normalized spacial score (nSPS) is 22.1. The summed E-state index contributed by atoms with van der Waals surface area (Å²) in [7, 11) is 2.06. The number of carbonyl (C=O) groups is 1. The number of aromatic nitrogens is 4. The standard InChI is InChI=1S/C20H24N6O/c1-13-9-11-26-20(21-13)22-18(23-26)19(27)25-10-5-8-17(25)15-12-24(2)16-7-4-3-6-14(15)16/h3-4,6-7,12-13,17H,5,8-11H2,1-2H3,(H,21,22,23). The van der Waals surface area contributed by atoms with Crippen LogP contribution in [0.3, 0.4) is 0 Å². The second kappa shape index (κ2) is 6.11. The average Bonchev–Trinajstić information content (AvgIpc) is 3.38. The molecule has 1 amide bonds. The van der Waals surface area contributed by atoms with E-state index >= 15 is 0 Å². The van der Waals surface area contributed by atoms with Crippen molar-refractivity contribution in [2.75, 3.05) is 11.9 Å². The lowest BCUT2D eigenvalue weighted by Gasteiger charge is -2.23. The summed E-state index contributed by atoms with van der Waals surface area (Å²) in [5.41, 5.74) is 2.41. The van der Waals surface area contributed by atoms with Crippen molar-refractivity contribution < 1.29 is 4.79 Å². The van der Waals surface area contributed by atoms with E-state index in [2.05, 4.69) is 64.4 Å². The Morgan fingerprint density at radius 1 is 1.22 bits per heavy atom. The smallest absolute Gasteiger partial charge is 0.294 e. The van der Waals surface area contributed by atoms with Gasteiger partial charge in [0.15, 0.2) is 0 Å². The molecule has 2 aliphatic heterocycles. The first-order valence-electron chi connectivity index (χ1n) is 9.68. The van der Waals surface area contributed by atoms with E-state index in [0.29, 0.717) is 17.8 Å². The lowest BCUT2D eigenvalue weighted by atomic mass is 10.0. The molecule has 5 rings (SSSR count). The van der Waals surface area contributed by atoms with Gasteiger partial charge in [-0.1, -0.05) is 18.2 Å². The highest BCUT2D eigenvalue weighted by Gasteiger charge is 2.35. The van der Waals surface area contributed by atoms with Crippen molar-refractivity contribution in [2.45, 2.75) is 44.8 Å². The average molecular weight is 364 g/mol. The van der Waals surface area contributed by atoms with Crippen LogP contribution in [0.4, 0.5) is 5.95 Å². The van der Waals surface area contributed by atoms with Crippen molar-refractivity contribution in [3.8, 4) is 0 Å². The van der Waals surface area contributed by atoms with Crippen LogP contribution in [0.25, 0.3) is 10.9 Å². The molecule has 1 aromatic carbocycles. The molecule has 140 valence electrons. The molecule has 7 heteroatoms. The van der Waals surface area contributed by atoms with Crippen LogP contribution in [0.2, 0.25) is 0 Å². The minimum atomic E-state index is -0.0678. The first kappa shape index (κ1) is 16.4. The van der Waals surface area contributed by atoms with E-state index in [1.165, 1.54) is 16.5 Å². The number of nitrogens with one attached hydrogen (secondary N) is 1. The first-order chi connectivity index (χ1) is 13.1. The van der Waals surface area contributed by atoms with Crippen molar-refractivity contribution in [2.24, 2.45) is 7.05 Å². The molecule has 3 aromatic rings. The van der Waals surface area contributed by atoms with Gasteiger partial charge in [-0.3, -0.25) is 4.79 Å². The highest BCUT2D eigenvalue weighted by Crippen LogP contribution is 2.37. The SMILES string of the molecule is CC1CCn2nc(C(=O)N3CCCC3c3cn(C)c4ccccc34)nc2N1. The summed E-state index contributed by atoms with van der Waals surface area (Å²) < 4.78 is 3.96. The molecule has 2 unspecified atom stereocenters. The van der Waals surface area contributed by atoms with Crippen molar-refractivity contribution in [3.05, 3.63) is 41.9 Å². The monoisotopic (exact) mass is 364 g/mol. The molecular formula is C20H24N6O. The van der Waals surface area contributed by atoms with Gasteiger partial charge in [0.1, 0.15) is 0 Å². The molecule has 1 N–H and O–H groups in total. The van der Waals surface area contributed by atoms with Gasteiger partial charge in [0.25, 0.3) is 5.91 Å². The summed E-state index contributed by atoms with van der Waals surface area (Å²) in [5.74, 6) is 0.943. The number of benzene rings is 1.